The van der Waals surface area contributed by atoms with Crippen LogP contribution in [0.3, 0.4) is 0 Å². The van der Waals surface area contributed by atoms with Crippen molar-refractivity contribution >= 4 is 195 Å². The lowest BCUT2D eigenvalue weighted by Crippen LogP contribution is -1.91. The Kier molecular flexibility index (Phi) is 7.31. The molecule has 0 bridgehead atoms. The van der Waals surface area contributed by atoms with Gasteiger partial charge in [0.15, 0.2) is 0 Å². The molecular formula is C120H72O3. The Morgan fingerprint density at radius 1 is 0.154 bits per heavy atom. The van der Waals surface area contributed by atoms with Gasteiger partial charge in [-0.05, 0) is 263 Å². The molecule has 0 saturated carbocycles. The quantitative estimate of drug-likeness (QED) is 0.156. The molecule has 0 fully saturated rings. The number of hydrogen-bond acceptors (Lipinski definition) is 3. The summed E-state index contributed by atoms with van der Waals surface area (Å²) in [5.74, 6) is 0. The molecule has 0 saturated heterocycles. The van der Waals surface area contributed by atoms with Gasteiger partial charge in [-0.2, -0.15) is 0 Å². The fourth-order valence-electron chi connectivity index (χ4n) is 16.1. The third-order valence-electron chi connectivity index (χ3n) is 21.2. The first-order valence-corrected chi connectivity index (χ1v) is 37.2. The van der Waals surface area contributed by atoms with Gasteiger partial charge in [0.25, 0.3) is 0 Å². The highest BCUT2D eigenvalue weighted by molar-refractivity contribution is 6.29. The van der Waals surface area contributed by atoms with Crippen LogP contribution in [0.4, 0.5) is 0 Å². The molecule has 3 heterocycles. The fraction of sp³-hybridized carbons (Fsp3) is 0. The van der Waals surface area contributed by atoms with Gasteiger partial charge >= 0.3 is 0 Å². The van der Waals surface area contributed by atoms with E-state index in [2.05, 4.69) is 0 Å². The molecule has 0 unspecified atom stereocenters. The Labute approximate surface area is 795 Å². The predicted molar refractivity (Wildman–Crippen MR) is 524 cm³/mol. The summed E-state index contributed by atoms with van der Waals surface area (Å²) in [7, 11) is 0. The van der Waals surface area contributed by atoms with Crippen molar-refractivity contribution in [2.45, 2.75) is 0 Å². The lowest BCUT2D eigenvalue weighted by molar-refractivity contribution is 0.669. The minimum Gasteiger partial charge on any atom is -0.456 e. The van der Waals surface area contributed by atoms with Crippen LogP contribution in [0.2, 0.25) is 0 Å². The Hall–Kier alpha value is -16.2. The third-order valence-corrected chi connectivity index (χ3v) is 21.2. The Bertz CT molecular complexity index is 12900. The van der Waals surface area contributed by atoms with Gasteiger partial charge in [0.05, 0.1) is 86.4 Å². The summed E-state index contributed by atoms with van der Waals surface area (Å²) < 4.78 is 579. The highest BCUT2D eigenvalue weighted by atomic mass is 16.3. The van der Waals surface area contributed by atoms with Crippen molar-refractivity contribution in [1.29, 1.82) is 0 Å². The zero-order valence-electron chi connectivity index (χ0n) is 125. The van der Waals surface area contributed by atoms with E-state index in [4.69, 9.17) is 68.1 Å². The fourth-order valence-corrected chi connectivity index (χ4v) is 16.1. The van der Waals surface area contributed by atoms with E-state index in [1.165, 1.54) is 0 Å². The largest absolute Gasteiger partial charge is 0.456 e. The minimum atomic E-state index is -0.938. The number of furan rings is 3. The molecule has 0 N–H and O–H groups in total. The average Bonchev–Trinajstić information content (AvgIpc) is 1.23. The van der Waals surface area contributed by atoms with Gasteiger partial charge in [0, 0.05) is 32.3 Å². The topological polar surface area (TPSA) is 39.4 Å². The molecule has 570 valence electrons. The van der Waals surface area contributed by atoms with Crippen molar-refractivity contribution < 1.29 is 99.6 Å². The molecule has 24 aromatic carbocycles. The Balaban J connectivity index is 0.000000137. The number of hydrogen-bond donors (Lipinski definition) is 0. The second-order valence-electron chi connectivity index (χ2n) is 27.7. The lowest BCUT2D eigenvalue weighted by atomic mass is 9.84. The van der Waals surface area contributed by atoms with E-state index in [0.29, 0.717) is 11.2 Å². The minimum absolute atomic E-state index is 0.0110. The van der Waals surface area contributed by atoms with Crippen LogP contribution in [-0.2, 0) is 0 Å². The zero-order chi connectivity index (χ0) is 136. The summed E-state index contributed by atoms with van der Waals surface area (Å²) in [6, 6.07) is -33.9. The van der Waals surface area contributed by atoms with Crippen LogP contribution < -0.4 is 0 Å². The second kappa shape index (κ2) is 28.3. The van der Waals surface area contributed by atoms with Crippen molar-refractivity contribution in [3.8, 4) is 66.8 Å². The lowest BCUT2D eigenvalue weighted by Gasteiger charge is -2.18. The van der Waals surface area contributed by atoms with Gasteiger partial charge in [0.2, 0.25) is 0 Å². The molecule has 0 aliphatic carbocycles. The summed E-state index contributed by atoms with van der Waals surface area (Å²) in [6.45, 7) is 0. The number of fused-ring (bicyclic) bond motifs is 24. The molecular weight excluding hydrogens is 1490 g/mol. The van der Waals surface area contributed by atoms with Crippen molar-refractivity contribution in [3.05, 3.63) is 435 Å². The predicted octanol–water partition coefficient (Wildman–Crippen LogP) is 34.6. The molecule has 27 rings (SSSR count). The van der Waals surface area contributed by atoms with Crippen LogP contribution in [0.25, 0.3) is 262 Å². The molecule has 123 heavy (non-hydrogen) atoms. The highest BCUT2D eigenvalue weighted by Gasteiger charge is 2.25. The molecule has 0 spiro atoms. The standard InChI is InChI=1S/3C40H24O/c1-3-13-28-25(10-1)12-9-19-30(28)39-33-17-7-5-15-31(33)38(32-16-6-8-18-34(32)39)27-20-22-35-37(24-27)41-36-23-21-26-11-2-4-14-29(26)40(35)36;2*1-2-11-27-23-28(18-17-25(27)9-1)38-31-13-5-7-15-33(31)39(34-16-8-6-14-32(34)38)29-19-21-35-37(24-29)41-36-22-20-26-10-3-4-12-30(26)40(35)36/h3*1-24H/i2*1D,2D,3D,4D,5D,6D,7D,8D,9D,10D,11D,12D,13D,14D,15D,16D,17D,18D,19D,20D,21D,22D,23D,24D;1D,2D,5D,6D,7D,8D,9D,11D,13D,14D,15D,16D,17D,18D,23D. The van der Waals surface area contributed by atoms with Crippen molar-refractivity contribution in [2.24, 2.45) is 0 Å². The molecule has 27 aromatic rings. The van der Waals surface area contributed by atoms with Crippen LogP contribution in [0.1, 0.15) is 86.4 Å². The first kappa shape index (κ1) is 31.8. The summed E-state index contributed by atoms with van der Waals surface area (Å²) in [6.07, 6.45) is 0. The monoisotopic (exact) mass is 1620 g/mol. The molecule has 3 aromatic heterocycles. The van der Waals surface area contributed by atoms with E-state index < -0.39 is 550 Å². The summed E-state index contributed by atoms with van der Waals surface area (Å²) in [5.41, 5.74) is -7.25. The van der Waals surface area contributed by atoms with Gasteiger partial charge < -0.3 is 13.3 Å². The summed E-state index contributed by atoms with van der Waals surface area (Å²) in [5, 5.41) is -8.96. The molecule has 3 heteroatoms. The average molecular weight is 1630 g/mol. The number of rotatable bonds is 6. The maximum absolute atomic E-state index is 9.65. The third kappa shape index (κ3) is 11.3. The van der Waals surface area contributed by atoms with Crippen LogP contribution in [-0.4, -0.2) is 0 Å². The van der Waals surface area contributed by atoms with Crippen LogP contribution >= 0.6 is 0 Å². The van der Waals surface area contributed by atoms with Crippen molar-refractivity contribution in [3.63, 3.8) is 0 Å². The molecule has 0 radical (unpaired) electrons. The summed E-state index contributed by atoms with van der Waals surface area (Å²) >= 11 is 0. The molecule has 0 amide bonds. The van der Waals surface area contributed by atoms with E-state index in [1.54, 1.807) is 18.2 Å². The second-order valence-corrected chi connectivity index (χ2v) is 27.7. The first-order valence-electron chi connectivity index (χ1n) is 68.7. The van der Waals surface area contributed by atoms with Gasteiger partial charge in [-0.1, -0.05) is 369 Å². The van der Waals surface area contributed by atoms with E-state index in [-0.39, 0.29) is 59.8 Å². The van der Waals surface area contributed by atoms with E-state index in [1.807, 2.05) is 36.4 Å². The summed E-state index contributed by atoms with van der Waals surface area (Å²) in [4.78, 5) is 0. The Morgan fingerprint density at radius 3 is 0.927 bits per heavy atom. The van der Waals surface area contributed by atoms with Crippen molar-refractivity contribution in [1.82, 2.24) is 0 Å². The zero-order valence-corrected chi connectivity index (χ0v) is 61.9. The molecule has 3 nitrogen and oxygen atoms in total. The maximum atomic E-state index is 9.65. The maximum Gasteiger partial charge on any atom is 0.136 e. The number of benzene rings is 24. The van der Waals surface area contributed by atoms with Gasteiger partial charge in [-0.25, -0.2) is 0 Å². The highest BCUT2D eigenvalue weighted by Crippen LogP contribution is 2.51. The molecule has 0 atom stereocenters. The smallest absolute Gasteiger partial charge is 0.136 e. The Morgan fingerprint density at radius 2 is 0.480 bits per heavy atom. The van der Waals surface area contributed by atoms with Crippen molar-refractivity contribution in [2.75, 3.05) is 0 Å². The van der Waals surface area contributed by atoms with Crippen LogP contribution in [0.15, 0.2) is 449 Å². The van der Waals surface area contributed by atoms with Crippen LogP contribution in [0.5, 0.6) is 0 Å². The van der Waals surface area contributed by atoms with E-state index in [9.17, 15) is 31.5 Å². The SMILES string of the molecule is [2H]c1c([2H])c([2H])c2c(-c3c4c([2H])c([2H])c([2H])c([2H])c4c(-c4c([2H])c([2H])c5c(oc6c([2H])c([2H])c7c([2H])c([2H])c([2H])c([2H])c7c65)c4[2H])c4c([2H])c([2H])c([2H])c([2H])c34)c([2H])c([2H])c([2H])c2c1[2H].[2H]c1c([2H])c([2H])c2c([2H])c(-c3c4c([2H])c([2H])c([2H])c([2H])c4c(-c4c([2H])c([2H])c5c(oc6c([2H])c([2H])c7c([2H])c([2H])c([2H])c([2H])c7c65)c4[2H])c4c([2H])c([2H])c([2H])c([2H])c34)c([2H])c([2H])c2c1[2H].[2H]c1c([2H])c([2H])c2c([2H])c(-c3c4c([2H])c([2H])c([2H])c([2H])c4c(-c4ccc5c(c4)oc4ccc6ccccc6c45)c4c([2H])c([2H])c([2H])c([2H])c34)c([2H])c([2H])c2c1[2H]. The van der Waals surface area contributed by atoms with Gasteiger partial charge in [-0.3, -0.25) is 0 Å². The molecule has 0 aliphatic heterocycles. The van der Waals surface area contributed by atoms with Crippen LogP contribution in [0, 0.1) is 0 Å². The normalized spacial score (nSPS) is 19.1. The van der Waals surface area contributed by atoms with E-state index >= 15 is 0 Å². The van der Waals surface area contributed by atoms with Gasteiger partial charge in [-0.15, -0.1) is 0 Å². The van der Waals surface area contributed by atoms with Gasteiger partial charge in [0.1, 0.15) is 33.5 Å². The first-order chi connectivity index (χ1) is 87.3. The van der Waals surface area contributed by atoms with E-state index in [0.717, 1.165) is 21.5 Å². The molecule has 0 aliphatic rings.